The van der Waals surface area contributed by atoms with Gasteiger partial charge in [-0.2, -0.15) is 0 Å². The van der Waals surface area contributed by atoms with E-state index in [0.29, 0.717) is 0 Å². The van der Waals surface area contributed by atoms with E-state index < -0.39 is 28.7 Å². The Bertz CT molecular complexity index is 328. The van der Waals surface area contributed by atoms with Crippen LogP contribution in [0.2, 0.25) is 0 Å². The quantitative estimate of drug-likeness (QED) is 0.708. The van der Waals surface area contributed by atoms with Crippen molar-refractivity contribution in [1.29, 1.82) is 0 Å². The number of esters is 2. The monoisotopic (exact) mass is 260 g/mol. The van der Waals surface area contributed by atoms with Gasteiger partial charge in [0.05, 0.1) is 0 Å². The van der Waals surface area contributed by atoms with E-state index in [0.717, 1.165) is 0 Å². The number of methoxy groups -OCH3 is 1. The molecule has 0 aromatic heterocycles. The van der Waals surface area contributed by atoms with Crippen LogP contribution < -0.4 is 0 Å². The van der Waals surface area contributed by atoms with E-state index in [-0.39, 0.29) is 0 Å². The maximum atomic E-state index is 12.0. The molecule has 0 saturated carbocycles. The first-order valence-electron chi connectivity index (χ1n) is 5.84. The molecular formula is C13H24O5. The molecule has 0 aliphatic carbocycles. The molecule has 0 radical (unpaired) electrons. The Balaban J connectivity index is 4.95. The van der Waals surface area contributed by atoms with Crippen molar-refractivity contribution in [2.24, 2.45) is 0 Å². The van der Waals surface area contributed by atoms with Crippen molar-refractivity contribution < 1.29 is 23.8 Å². The third-order valence-electron chi connectivity index (χ3n) is 3.20. The van der Waals surface area contributed by atoms with Crippen LogP contribution in [-0.4, -0.2) is 35.9 Å². The van der Waals surface area contributed by atoms with Gasteiger partial charge < -0.3 is 14.2 Å². The van der Waals surface area contributed by atoms with E-state index in [1.165, 1.54) is 14.0 Å². The van der Waals surface area contributed by atoms with Crippen molar-refractivity contribution >= 4 is 11.9 Å². The third-order valence-corrected chi connectivity index (χ3v) is 3.20. The molecule has 5 heteroatoms. The second-order valence-corrected chi connectivity index (χ2v) is 5.72. The molecule has 0 heterocycles. The van der Waals surface area contributed by atoms with Gasteiger partial charge in [-0.25, -0.2) is 4.79 Å². The third kappa shape index (κ3) is 3.98. The Morgan fingerprint density at radius 1 is 0.833 bits per heavy atom. The average molecular weight is 260 g/mol. The normalized spacial score (nSPS) is 13.1. The van der Waals surface area contributed by atoms with Gasteiger partial charge in [0.2, 0.25) is 0 Å². The summed E-state index contributed by atoms with van der Waals surface area (Å²) in [7, 11) is 1.44. The van der Waals surface area contributed by atoms with Crippen LogP contribution in [-0.2, 0) is 23.8 Å². The van der Waals surface area contributed by atoms with Gasteiger partial charge in [0, 0.05) is 14.0 Å². The standard InChI is InChI=1S/C13H24O5/c1-9(14)17-12(4,5)13(6,7)18-10(15)11(2,3)16-8/h1-8H3. The molecule has 5 nitrogen and oxygen atoms in total. The minimum atomic E-state index is -1.04. The number of hydrogen-bond acceptors (Lipinski definition) is 5. The lowest BCUT2D eigenvalue weighted by Gasteiger charge is -2.41. The lowest BCUT2D eigenvalue weighted by Crippen LogP contribution is -2.53. The predicted octanol–water partition coefficient (Wildman–Crippen LogP) is 2.07. The first-order valence-corrected chi connectivity index (χ1v) is 5.84. The molecular weight excluding hydrogens is 236 g/mol. The molecule has 0 aliphatic rings. The summed E-state index contributed by atoms with van der Waals surface area (Å²) in [6.45, 7) is 11.3. The molecule has 0 aliphatic heterocycles. The van der Waals surface area contributed by atoms with Gasteiger partial charge in [0.1, 0.15) is 11.2 Å². The zero-order valence-electron chi connectivity index (χ0n) is 12.5. The largest absolute Gasteiger partial charge is 0.456 e. The Hall–Kier alpha value is -1.10. The van der Waals surface area contributed by atoms with Crippen LogP contribution in [0.4, 0.5) is 0 Å². The number of rotatable bonds is 5. The maximum absolute atomic E-state index is 12.0. The highest BCUT2D eigenvalue weighted by atomic mass is 16.6. The smallest absolute Gasteiger partial charge is 0.338 e. The molecule has 0 aromatic rings. The van der Waals surface area contributed by atoms with Crippen molar-refractivity contribution in [3.8, 4) is 0 Å². The van der Waals surface area contributed by atoms with Crippen molar-refractivity contribution in [1.82, 2.24) is 0 Å². The molecule has 0 N–H and O–H groups in total. The number of ether oxygens (including phenoxy) is 3. The first kappa shape index (κ1) is 16.9. The predicted molar refractivity (Wildman–Crippen MR) is 67.1 cm³/mol. The molecule has 18 heavy (non-hydrogen) atoms. The first-order chi connectivity index (χ1) is 7.85. The topological polar surface area (TPSA) is 61.8 Å². The van der Waals surface area contributed by atoms with Crippen LogP contribution in [0.15, 0.2) is 0 Å². The molecule has 106 valence electrons. The van der Waals surface area contributed by atoms with Crippen molar-refractivity contribution in [2.75, 3.05) is 7.11 Å². The zero-order chi connectivity index (χ0) is 14.8. The van der Waals surface area contributed by atoms with E-state index >= 15 is 0 Å². The van der Waals surface area contributed by atoms with Gasteiger partial charge in [0.15, 0.2) is 5.60 Å². The Kier molecular flexibility index (Phi) is 4.94. The van der Waals surface area contributed by atoms with Crippen LogP contribution >= 0.6 is 0 Å². The van der Waals surface area contributed by atoms with Gasteiger partial charge in [-0.1, -0.05) is 0 Å². The lowest BCUT2D eigenvalue weighted by molar-refractivity contribution is -0.209. The highest BCUT2D eigenvalue weighted by molar-refractivity contribution is 5.79. The summed E-state index contributed by atoms with van der Waals surface area (Å²) in [5, 5.41) is 0. The molecule has 0 rings (SSSR count). The van der Waals surface area contributed by atoms with Crippen molar-refractivity contribution in [3.05, 3.63) is 0 Å². The molecule has 0 spiro atoms. The summed E-state index contributed by atoms with van der Waals surface area (Å²) in [6, 6.07) is 0. The SMILES string of the molecule is COC(C)(C)C(=O)OC(C)(C)C(C)(C)OC(C)=O. The van der Waals surface area contributed by atoms with Crippen LogP contribution in [0, 0.1) is 0 Å². The molecule has 0 amide bonds. The maximum Gasteiger partial charge on any atom is 0.338 e. The number of carbonyl (C=O) groups is 2. The number of hydrogen-bond donors (Lipinski definition) is 0. The second kappa shape index (κ2) is 5.26. The summed E-state index contributed by atoms with van der Waals surface area (Å²) < 4.78 is 15.7. The Labute approximate surface area is 109 Å². The minimum Gasteiger partial charge on any atom is -0.456 e. The fraction of sp³-hybridized carbons (Fsp3) is 0.846. The zero-order valence-corrected chi connectivity index (χ0v) is 12.5. The van der Waals surface area contributed by atoms with Crippen LogP contribution in [0.3, 0.4) is 0 Å². The highest BCUT2D eigenvalue weighted by Crippen LogP contribution is 2.31. The summed E-state index contributed by atoms with van der Waals surface area (Å²) in [4.78, 5) is 23.0. The average Bonchev–Trinajstić information content (AvgIpc) is 2.14. The van der Waals surface area contributed by atoms with Gasteiger partial charge >= 0.3 is 11.9 Å². The van der Waals surface area contributed by atoms with E-state index in [4.69, 9.17) is 14.2 Å². The summed E-state index contributed by atoms with van der Waals surface area (Å²) in [5.74, 6) is -0.926. The van der Waals surface area contributed by atoms with Gasteiger partial charge in [-0.15, -0.1) is 0 Å². The van der Waals surface area contributed by atoms with Crippen molar-refractivity contribution in [2.45, 2.75) is 65.3 Å². The fourth-order valence-corrected chi connectivity index (χ4v) is 1.04. The Morgan fingerprint density at radius 2 is 1.22 bits per heavy atom. The molecule has 0 saturated heterocycles. The summed E-state index contributed by atoms with van der Waals surface area (Å²) >= 11 is 0. The molecule has 0 bridgehead atoms. The van der Waals surface area contributed by atoms with Crippen molar-refractivity contribution in [3.63, 3.8) is 0 Å². The van der Waals surface area contributed by atoms with Crippen LogP contribution in [0.1, 0.15) is 48.5 Å². The lowest BCUT2D eigenvalue weighted by atomic mass is 9.88. The van der Waals surface area contributed by atoms with E-state index in [2.05, 4.69) is 0 Å². The van der Waals surface area contributed by atoms with E-state index in [9.17, 15) is 9.59 Å². The van der Waals surface area contributed by atoms with Crippen LogP contribution in [0.25, 0.3) is 0 Å². The molecule has 0 atom stereocenters. The molecule has 0 aromatic carbocycles. The van der Waals surface area contributed by atoms with Gasteiger partial charge in [-0.3, -0.25) is 4.79 Å². The van der Waals surface area contributed by atoms with E-state index in [1.54, 1.807) is 41.5 Å². The highest BCUT2D eigenvalue weighted by Gasteiger charge is 2.45. The number of carbonyl (C=O) groups excluding carboxylic acids is 2. The molecule has 0 unspecified atom stereocenters. The van der Waals surface area contributed by atoms with Gasteiger partial charge in [0.25, 0.3) is 0 Å². The van der Waals surface area contributed by atoms with Crippen LogP contribution in [0.5, 0.6) is 0 Å². The van der Waals surface area contributed by atoms with E-state index in [1.807, 2.05) is 0 Å². The van der Waals surface area contributed by atoms with Gasteiger partial charge in [-0.05, 0) is 41.5 Å². The Morgan fingerprint density at radius 3 is 1.56 bits per heavy atom. The molecule has 0 fully saturated rings. The fourth-order valence-electron chi connectivity index (χ4n) is 1.04. The minimum absolute atomic E-state index is 0.421. The summed E-state index contributed by atoms with van der Waals surface area (Å²) in [5.41, 5.74) is -2.94. The summed E-state index contributed by atoms with van der Waals surface area (Å²) in [6.07, 6.45) is 0. The second-order valence-electron chi connectivity index (χ2n) is 5.72.